The molecule has 1 atom stereocenters. The van der Waals surface area contributed by atoms with Crippen LogP contribution in [0.2, 0.25) is 5.02 Å². The average molecular weight is 517 g/mol. The van der Waals surface area contributed by atoms with Crippen molar-refractivity contribution in [3.05, 3.63) is 77.1 Å². The van der Waals surface area contributed by atoms with Crippen molar-refractivity contribution in [2.75, 3.05) is 17.5 Å². The fourth-order valence-corrected chi connectivity index (χ4v) is 5.05. The monoisotopic (exact) mass is 516 g/mol. The number of hydrogen-bond acceptors (Lipinski definition) is 4. The number of anilines is 1. The third-order valence-corrected chi connectivity index (χ3v) is 6.71. The van der Waals surface area contributed by atoms with Crippen LogP contribution in [0.25, 0.3) is 22.3 Å². The molecule has 0 bridgehead atoms. The number of amides is 1. The van der Waals surface area contributed by atoms with Crippen LogP contribution in [0, 0.1) is 5.82 Å². The first-order valence-corrected chi connectivity index (χ1v) is 13.0. The number of carbonyl (C=O) groups excluding carboxylic acids is 1. The van der Waals surface area contributed by atoms with Crippen molar-refractivity contribution < 1.29 is 27.5 Å². The lowest BCUT2D eigenvalue weighted by Gasteiger charge is -2.23. The molecule has 182 valence electrons. The van der Waals surface area contributed by atoms with E-state index in [0.717, 1.165) is 12.3 Å². The topological polar surface area (TPSA) is 104 Å². The first-order chi connectivity index (χ1) is 16.5. The van der Waals surface area contributed by atoms with Crippen LogP contribution in [-0.2, 0) is 14.8 Å². The molecule has 4 rings (SSSR count). The van der Waals surface area contributed by atoms with Crippen LogP contribution in [0.3, 0.4) is 0 Å². The summed E-state index contributed by atoms with van der Waals surface area (Å²) in [6, 6.07) is 14.6. The summed E-state index contributed by atoms with van der Waals surface area (Å²) in [6.45, 7) is 0.250. The van der Waals surface area contributed by atoms with Gasteiger partial charge in [0.25, 0.3) is 5.91 Å². The third kappa shape index (κ3) is 5.31. The van der Waals surface area contributed by atoms with Crippen molar-refractivity contribution in [2.24, 2.45) is 0 Å². The van der Waals surface area contributed by atoms with Crippen LogP contribution in [0.5, 0.6) is 0 Å². The lowest BCUT2D eigenvalue weighted by Crippen LogP contribution is -2.40. The summed E-state index contributed by atoms with van der Waals surface area (Å²) in [5.74, 6) is -2.42. The zero-order valence-electron chi connectivity index (χ0n) is 18.7. The quantitative estimate of drug-likeness (QED) is 0.486. The first kappa shape index (κ1) is 24.7. The SMILES string of the molecule is CS(=O)(=O)Nc1cccc(-c2cc(-c3ccccc3Cl)c(C(=O)N3CCCC3C(=O)O)cc2F)c1. The molecule has 10 heteroatoms. The molecule has 1 aliphatic heterocycles. The molecule has 0 aliphatic carbocycles. The molecule has 0 aromatic heterocycles. The molecule has 0 saturated carbocycles. The zero-order valence-corrected chi connectivity index (χ0v) is 20.2. The van der Waals surface area contributed by atoms with Crippen LogP contribution in [0.1, 0.15) is 23.2 Å². The molecule has 1 unspecified atom stereocenters. The number of likely N-dealkylation sites (tertiary alicyclic amines) is 1. The summed E-state index contributed by atoms with van der Waals surface area (Å²) in [7, 11) is -3.54. The fourth-order valence-electron chi connectivity index (χ4n) is 4.26. The molecule has 0 radical (unpaired) electrons. The third-order valence-electron chi connectivity index (χ3n) is 5.78. The van der Waals surface area contributed by atoms with Crippen molar-refractivity contribution in [1.82, 2.24) is 4.90 Å². The predicted molar refractivity (Wildman–Crippen MR) is 132 cm³/mol. The molecule has 7 nitrogen and oxygen atoms in total. The Morgan fingerprint density at radius 3 is 2.49 bits per heavy atom. The molecule has 3 aromatic carbocycles. The Bertz CT molecular complexity index is 1430. The summed E-state index contributed by atoms with van der Waals surface area (Å²) in [6.07, 6.45) is 1.87. The number of halogens is 2. The van der Waals surface area contributed by atoms with Gasteiger partial charge in [0.05, 0.1) is 11.8 Å². The molecular formula is C25H22ClFN2O5S. The van der Waals surface area contributed by atoms with E-state index in [1.807, 2.05) is 0 Å². The van der Waals surface area contributed by atoms with Crippen molar-refractivity contribution in [3.63, 3.8) is 0 Å². The number of carbonyl (C=O) groups is 2. The van der Waals surface area contributed by atoms with Gasteiger partial charge in [0, 0.05) is 28.4 Å². The number of nitrogens with zero attached hydrogens (tertiary/aromatic N) is 1. The molecule has 35 heavy (non-hydrogen) atoms. The highest BCUT2D eigenvalue weighted by Gasteiger charge is 2.36. The Labute approximate surface area is 207 Å². The first-order valence-electron chi connectivity index (χ1n) is 10.8. The molecule has 1 fully saturated rings. The number of carboxylic acid groups (broad SMARTS) is 1. The molecule has 2 N–H and O–H groups in total. The minimum Gasteiger partial charge on any atom is -0.480 e. The summed E-state index contributed by atoms with van der Waals surface area (Å²) in [5, 5.41) is 9.86. The molecule has 1 aliphatic rings. The highest BCUT2D eigenvalue weighted by Crippen LogP contribution is 2.37. The van der Waals surface area contributed by atoms with Gasteiger partial charge in [-0.25, -0.2) is 17.6 Å². The lowest BCUT2D eigenvalue weighted by molar-refractivity contribution is -0.141. The Kier molecular flexibility index (Phi) is 6.82. The van der Waals surface area contributed by atoms with Crippen molar-refractivity contribution in [2.45, 2.75) is 18.9 Å². The van der Waals surface area contributed by atoms with E-state index in [2.05, 4.69) is 4.72 Å². The van der Waals surface area contributed by atoms with Gasteiger partial charge in [-0.05, 0) is 54.3 Å². The standard InChI is InChI=1S/C25H22ClFN2O5S/c1-35(33,34)28-16-7-4-6-15(12-16)18-13-19(17-8-2-3-9-21(17)26)20(14-22(18)27)24(30)29-11-5-10-23(29)25(31)32/h2-4,6-9,12-14,23,28H,5,10-11H2,1H3,(H,31,32). The minimum absolute atomic E-state index is 0.00193. The van der Waals surface area contributed by atoms with Crippen LogP contribution < -0.4 is 4.72 Å². The summed E-state index contributed by atoms with van der Waals surface area (Å²) < 4.78 is 41.1. The number of aliphatic carboxylic acids is 1. The van der Waals surface area contributed by atoms with Crippen LogP contribution >= 0.6 is 11.6 Å². The van der Waals surface area contributed by atoms with E-state index in [0.29, 0.717) is 34.6 Å². The van der Waals surface area contributed by atoms with Gasteiger partial charge >= 0.3 is 5.97 Å². The number of sulfonamides is 1. The van der Waals surface area contributed by atoms with Crippen LogP contribution in [-0.4, -0.2) is 49.1 Å². The zero-order chi connectivity index (χ0) is 25.3. The second kappa shape index (κ2) is 9.67. The molecular weight excluding hydrogens is 495 g/mol. The van der Waals surface area contributed by atoms with E-state index in [4.69, 9.17) is 11.6 Å². The van der Waals surface area contributed by atoms with Gasteiger partial charge in [-0.1, -0.05) is 41.9 Å². The fraction of sp³-hybridized carbons (Fsp3) is 0.200. The van der Waals surface area contributed by atoms with E-state index in [1.165, 1.54) is 23.1 Å². The maximum absolute atomic E-state index is 15.4. The summed E-state index contributed by atoms with van der Waals surface area (Å²) in [4.78, 5) is 26.4. The van der Waals surface area contributed by atoms with E-state index < -0.39 is 33.8 Å². The molecule has 0 spiro atoms. The smallest absolute Gasteiger partial charge is 0.326 e. The number of hydrogen-bond donors (Lipinski definition) is 2. The second-order valence-electron chi connectivity index (χ2n) is 8.31. The van der Waals surface area contributed by atoms with E-state index in [9.17, 15) is 23.1 Å². The van der Waals surface area contributed by atoms with E-state index in [-0.39, 0.29) is 23.4 Å². The van der Waals surface area contributed by atoms with Gasteiger partial charge in [0.15, 0.2) is 0 Å². The summed E-state index contributed by atoms with van der Waals surface area (Å²) >= 11 is 6.42. The Morgan fingerprint density at radius 2 is 1.80 bits per heavy atom. The predicted octanol–water partition coefficient (Wildman–Crippen LogP) is 4.87. The highest BCUT2D eigenvalue weighted by molar-refractivity contribution is 7.92. The van der Waals surface area contributed by atoms with Crippen LogP contribution in [0.15, 0.2) is 60.7 Å². The normalized spacial score (nSPS) is 15.7. The van der Waals surface area contributed by atoms with Gasteiger partial charge < -0.3 is 10.0 Å². The maximum Gasteiger partial charge on any atom is 0.326 e. The Hall–Kier alpha value is -3.43. The number of nitrogens with one attached hydrogen (secondary N) is 1. The lowest BCUT2D eigenvalue weighted by atomic mass is 9.93. The van der Waals surface area contributed by atoms with Gasteiger partial charge in [-0.15, -0.1) is 0 Å². The van der Waals surface area contributed by atoms with Crippen molar-refractivity contribution in [3.8, 4) is 22.3 Å². The van der Waals surface area contributed by atoms with Crippen LogP contribution in [0.4, 0.5) is 10.1 Å². The summed E-state index contributed by atoms with van der Waals surface area (Å²) in [5.41, 5.74) is 1.59. The van der Waals surface area contributed by atoms with Crippen molar-refractivity contribution in [1.29, 1.82) is 0 Å². The van der Waals surface area contributed by atoms with Gasteiger partial charge in [0.1, 0.15) is 11.9 Å². The largest absolute Gasteiger partial charge is 0.480 e. The highest BCUT2D eigenvalue weighted by atomic mass is 35.5. The number of rotatable bonds is 6. The van der Waals surface area contributed by atoms with Gasteiger partial charge in [-0.2, -0.15) is 0 Å². The number of benzene rings is 3. The maximum atomic E-state index is 15.4. The molecule has 1 saturated heterocycles. The molecule has 1 heterocycles. The Balaban J connectivity index is 1.88. The molecule has 1 amide bonds. The van der Waals surface area contributed by atoms with E-state index in [1.54, 1.807) is 36.4 Å². The van der Waals surface area contributed by atoms with Crippen molar-refractivity contribution >= 4 is 39.2 Å². The average Bonchev–Trinajstić information content (AvgIpc) is 3.28. The molecule has 3 aromatic rings. The second-order valence-corrected chi connectivity index (χ2v) is 10.5. The minimum atomic E-state index is -3.54. The van der Waals surface area contributed by atoms with E-state index >= 15 is 4.39 Å². The Morgan fingerprint density at radius 1 is 1.06 bits per heavy atom. The number of carboxylic acids is 1. The van der Waals surface area contributed by atoms with Gasteiger partial charge in [0.2, 0.25) is 10.0 Å². The van der Waals surface area contributed by atoms with Gasteiger partial charge in [-0.3, -0.25) is 9.52 Å².